The molecule has 148 valence electrons. The number of hydrogen-bond donors (Lipinski definition) is 2. The minimum Gasteiger partial charge on any atom is -0.481 e. The van der Waals surface area contributed by atoms with Crippen LogP contribution in [0.4, 0.5) is 4.39 Å². The summed E-state index contributed by atoms with van der Waals surface area (Å²) in [6.45, 7) is 7.44. The molecule has 8 atom stereocenters. The van der Waals surface area contributed by atoms with Crippen molar-refractivity contribution in [2.45, 2.75) is 65.2 Å². The number of carboxylic acids is 1. The van der Waals surface area contributed by atoms with Crippen molar-refractivity contribution in [2.24, 2.45) is 34.0 Å². The number of ketones is 1. The highest BCUT2D eigenvalue weighted by Gasteiger charge is 2.74. The lowest BCUT2D eigenvalue weighted by molar-refractivity contribution is -0.209. The van der Waals surface area contributed by atoms with Gasteiger partial charge in [-0.1, -0.05) is 25.5 Å². The molecule has 3 fully saturated rings. The van der Waals surface area contributed by atoms with Crippen LogP contribution in [0.15, 0.2) is 23.8 Å². The third kappa shape index (κ3) is 1.92. The van der Waals surface area contributed by atoms with Crippen LogP contribution in [0.5, 0.6) is 0 Å². The first-order chi connectivity index (χ1) is 12.4. The fourth-order valence-electron chi connectivity index (χ4n) is 7.23. The molecule has 4 rings (SSSR count). The van der Waals surface area contributed by atoms with Crippen LogP contribution in [0.25, 0.3) is 0 Å². The van der Waals surface area contributed by atoms with Crippen molar-refractivity contribution in [2.75, 3.05) is 0 Å². The molecule has 2 N–H and O–H groups in total. The third-order valence-electron chi connectivity index (χ3n) is 9.25. The Kier molecular flexibility index (Phi) is 3.71. The predicted molar refractivity (Wildman–Crippen MR) is 98.6 cm³/mol. The zero-order chi connectivity index (χ0) is 20.0. The number of fused-ring (bicyclic) bond motifs is 5. The summed E-state index contributed by atoms with van der Waals surface area (Å²) in [6, 6.07) is 0. The van der Waals surface area contributed by atoms with Crippen molar-refractivity contribution in [1.29, 1.82) is 0 Å². The van der Waals surface area contributed by atoms with Gasteiger partial charge in [-0.05, 0) is 68.9 Å². The first-order valence-electron chi connectivity index (χ1n) is 9.97. The highest BCUT2D eigenvalue weighted by Crippen LogP contribution is 2.72. The topological polar surface area (TPSA) is 74.6 Å². The maximum Gasteiger partial charge on any atom is 0.310 e. The number of carbonyl (C=O) groups is 2. The SMILES string of the molecule is C[C@@H]1CC2C3CCC4=CC(=O)C=C[C@]4(C)[C@@]3(F)[C@@H](O)C[C@]2(C)[C@@]1(C)C(=O)O. The van der Waals surface area contributed by atoms with E-state index in [0.29, 0.717) is 19.3 Å². The molecule has 0 bridgehead atoms. The molecule has 0 aromatic rings. The first kappa shape index (κ1) is 18.9. The summed E-state index contributed by atoms with van der Waals surface area (Å²) >= 11 is 0. The average molecular weight is 376 g/mol. The van der Waals surface area contributed by atoms with Crippen LogP contribution >= 0.6 is 0 Å². The lowest BCUT2D eigenvalue weighted by atomic mass is 9.43. The zero-order valence-electron chi connectivity index (χ0n) is 16.5. The zero-order valence-corrected chi connectivity index (χ0v) is 16.5. The first-order valence-corrected chi connectivity index (χ1v) is 9.97. The van der Waals surface area contributed by atoms with Gasteiger partial charge >= 0.3 is 5.97 Å². The Morgan fingerprint density at radius 1 is 1.26 bits per heavy atom. The maximum atomic E-state index is 16.8. The van der Waals surface area contributed by atoms with Gasteiger partial charge in [-0.25, -0.2) is 4.39 Å². The smallest absolute Gasteiger partial charge is 0.310 e. The number of allylic oxidation sites excluding steroid dienone is 4. The van der Waals surface area contributed by atoms with Crippen molar-refractivity contribution in [3.05, 3.63) is 23.8 Å². The normalized spacial score (nSPS) is 54.0. The highest BCUT2D eigenvalue weighted by atomic mass is 19.1. The lowest BCUT2D eigenvalue weighted by Crippen LogP contribution is -2.67. The van der Waals surface area contributed by atoms with Crippen molar-refractivity contribution in [1.82, 2.24) is 0 Å². The summed E-state index contributed by atoms with van der Waals surface area (Å²) in [5.41, 5.74) is -3.81. The number of alkyl halides is 1. The van der Waals surface area contributed by atoms with E-state index in [2.05, 4.69) is 0 Å². The van der Waals surface area contributed by atoms with Crippen molar-refractivity contribution in [3.63, 3.8) is 0 Å². The molecular weight excluding hydrogens is 347 g/mol. The van der Waals surface area contributed by atoms with E-state index >= 15 is 4.39 Å². The Balaban J connectivity index is 1.85. The molecule has 0 aromatic carbocycles. The minimum absolute atomic E-state index is 0.0900. The molecule has 4 aliphatic carbocycles. The summed E-state index contributed by atoms with van der Waals surface area (Å²) in [5, 5.41) is 21.2. The molecule has 0 aromatic heterocycles. The summed E-state index contributed by atoms with van der Waals surface area (Å²) < 4.78 is 16.8. The molecule has 0 spiro atoms. The van der Waals surface area contributed by atoms with Gasteiger partial charge in [0.1, 0.15) is 0 Å². The molecule has 4 aliphatic rings. The van der Waals surface area contributed by atoms with E-state index in [1.807, 2.05) is 13.8 Å². The highest BCUT2D eigenvalue weighted by molar-refractivity contribution is 6.01. The van der Waals surface area contributed by atoms with Gasteiger partial charge in [0.05, 0.1) is 11.5 Å². The monoisotopic (exact) mass is 376 g/mol. The van der Waals surface area contributed by atoms with Crippen LogP contribution in [0, 0.1) is 34.0 Å². The number of hydrogen-bond acceptors (Lipinski definition) is 3. The fraction of sp³-hybridized carbons (Fsp3) is 0.727. The second-order valence-electron chi connectivity index (χ2n) is 9.91. The molecule has 0 aliphatic heterocycles. The number of aliphatic carboxylic acids is 1. The van der Waals surface area contributed by atoms with Crippen molar-refractivity contribution in [3.8, 4) is 0 Å². The van der Waals surface area contributed by atoms with Crippen molar-refractivity contribution < 1.29 is 24.2 Å². The molecule has 4 nitrogen and oxygen atoms in total. The van der Waals surface area contributed by atoms with Crippen LogP contribution in [0.3, 0.4) is 0 Å². The molecule has 2 unspecified atom stereocenters. The molecule has 0 amide bonds. The average Bonchev–Trinajstić information content (AvgIpc) is 2.79. The molecule has 0 radical (unpaired) electrons. The van der Waals surface area contributed by atoms with E-state index in [1.54, 1.807) is 19.9 Å². The van der Waals surface area contributed by atoms with Gasteiger partial charge in [-0.2, -0.15) is 0 Å². The van der Waals surface area contributed by atoms with Gasteiger partial charge in [0.15, 0.2) is 11.5 Å². The Hall–Kier alpha value is -1.49. The van der Waals surface area contributed by atoms with E-state index < -0.39 is 39.9 Å². The largest absolute Gasteiger partial charge is 0.481 e. The van der Waals surface area contributed by atoms with Crippen LogP contribution in [-0.4, -0.2) is 33.7 Å². The fourth-order valence-corrected chi connectivity index (χ4v) is 7.23. The molecular formula is C22H29FO4. The van der Waals surface area contributed by atoms with Crippen LogP contribution in [0.2, 0.25) is 0 Å². The van der Waals surface area contributed by atoms with Crippen LogP contribution < -0.4 is 0 Å². The van der Waals surface area contributed by atoms with E-state index in [0.717, 1.165) is 5.57 Å². The van der Waals surface area contributed by atoms with Gasteiger partial charge in [0, 0.05) is 11.3 Å². The number of carboxylic acid groups (broad SMARTS) is 1. The number of rotatable bonds is 1. The summed E-state index contributed by atoms with van der Waals surface area (Å²) in [4.78, 5) is 24.1. The lowest BCUT2D eigenvalue weighted by Gasteiger charge is -2.62. The summed E-state index contributed by atoms with van der Waals surface area (Å²) in [6.07, 6.45) is 5.24. The Morgan fingerprint density at radius 2 is 1.93 bits per heavy atom. The third-order valence-corrected chi connectivity index (χ3v) is 9.25. The summed E-state index contributed by atoms with van der Waals surface area (Å²) in [7, 11) is 0. The van der Waals surface area contributed by atoms with Gasteiger partial charge in [-0.3, -0.25) is 9.59 Å². The molecule has 27 heavy (non-hydrogen) atoms. The minimum atomic E-state index is -1.89. The van der Waals surface area contributed by atoms with Gasteiger partial charge in [0.25, 0.3) is 0 Å². The van der Waals surface area contributed by atoms with Crippen LogP contribution in [0.1, 0.15) is 53.4 Å². The number of carbonyl (C=O) groups excluding carboxylic acids is 1. The van der Waals surface area contributed by atoms with Gasteiger partial charge < -0.3 is 10.2 Å². The maximum absolute atomic E-state index is 16.8. The second kappa shape index (κ2) is 5.31. The Labute approximate surface area is 159 Å². The van der Waals surface area contributed by atoms with Crippen LogP contribution in [-0.2, 0) is 9.59 Å². The standard InChI is InChI=1S/C22H29FO4/c1-12-9-16-15-6-5-13-10-14(24)7-8-19(13,2)22(15,23)17(25)11-20(16,3)21(12,4)18(26)27/h7-8,10,12,15-17,25H,5-6,9,11H2,1-4H3,(H,26,27)/t12-,15?,16?,17+,19+,20+,21-,22+/m1/s1. The van der Waals surface area contributed by atoms with E-state index in [-0.39, 0.29) is 24.0 Å². The number of halogens is 1. The van der Waals surface area contributed by atoms with Gasteiger partial charge in [-0.15, -0.1) is 0 Å². The van der Waals surface area contributed by atoms with E-state index in [4.69, 9.17) is 0 Å². The van der Waals surface area contributed by atoms with E-state index in [9.17, 15) is 19.8 Å². The quantitative estimate of drug-likeness (QED) is 0.732. The Morgan fingerprint density at radius 3 is 2.56 bits per heavy atom. The predicted octanol–water partition coefficient (Wildman–Crippen LogP) is 3.69. The van der Waals surface area contributed by atoms with Gasteiger partial charge in [0.2, 0.25) is 0 Å². The molecule has 3 saturated carbocycles. The molecule has 5 heteroatoms. The Bertz CT molecular complexity index is 787. The second-order valence-corrected chi connectivity index (χ2v) is 9.91. The number of aliphatic hydroxyl groups is 1. The molecule has 0 heterocycles. The van der Waals surface area contributed by atoms with Crippen molar-refractivity contribution >= 4 is 11.8 Å². The molecule has 0 saturated heterocycles. The summed E-state index contributed by atoms with van der Waals surface area (Å²) in [5.74, 6) is -1.61. The number of aliphatic hydroxyl groups excluding tert-OH is 1. The van der Waals surface area contributed by atoms with E-state index in [1.165, 1.54) is 12.2 Å².